The van der Waals surface area contributed by atoms with Gasteiger partial charge in [-0.2, -0.15) is 10.2 Å². The second kappa shape index (κ2) is 7.59. The standard InChI is InChI=1S/C19H24N4O/c1-2-3-11-19(22-23-19)12-8-18(24)21-17-6-4-15(5-7-17)16-9-13-20-14-10-16/h1,4-7,16,20H,3,8-14H2,(H,21,24). The van der Waals surface area contributed by atoms with Crippen LogP contribution in [0.15, 0.2) is 34.5 Å². The van der Waals surface area contributed by atoms with E-state index in [-0.39, 0.29) is 11.6 Å². The Bertz CT molecular complexity index is 632. The highest BCUT2D eigenvalue weighted by Gasteiger charge is 2.39. The number of anilines is 1. The fourth-order valence-corrected chi connectivity index (χ4v) is 3.20. The van der Waals surface area contributed by atoms with Crippen molar-refractivity contribution in [2.24, 2.45) is 10.2 Å². The van der Waals surface area contributed by atoms with Gasteiger partial charge in [0.05, 0.1) is 0 Å². The van der Waals surface area contributed by atoms with Gasteiger partial charge in [-0.25, -0.2) is 0 Å². The van der Waals surface area contributed by atoms with Crippen molar-refractivity contribution < 1.29 is 4.79 Å². The molecule has 5 nitrogen and oxygen atoms in total. The Hall–Kier alpha value is -2.19. The van der Waals surface area contributed by atoms with E-state index in [1.165, 1.54) is 18.4 Å². The van der Waals surface area contributed by atoms with Gasteiger partial charge < -0.3 is 10.6 Å². The number of rotatable bonds is 7. The van der Waals surface area contributed by atoms with E-state index < -0.39 is 0 Å². The van der Waals surface area contributed by atoms with Crippen LogP contribution >= 0.6 is 0 Å². The molecule has 0 radical (unpaired) electrons. The van der Waals surface area contributed by atoms with E-state index in [1.54, 1.807) is 0 Å². The number of amides is 1. The monoisotopic (exact) mass is 324 g/mol. The maximum Gasteiger partial charge on any atom is 0.224 e. The predicted octanol–water partition coefficient (Wildman–Crippen LogP) is 3.45. The number of terminal acetylenes is 1. The third-order valence-corrected chi connectivity index (χ3v) is 4.81. The summed E-state index contributed by atoms with van der Waals surface area (Å²) in [5.41, 5.74) is 1.82. The van der Waals surface area contributed by atoms with Crippen molar-refractivity contribution in [2.45, 2.75) is 50.1 Å². The van der Waals surface area contributed by atoms with Crippen LogP contribution in [0.1, 0.15) is 50.0 Å². The lowest BCUT2D eigenvalue weighted by molar-refractivity contribution is -0.116. The second-order valence-corrected chi connectivity index (χ2v) is 6.58. The summed E-state index contributed by atoms with van der Waals surface area (Å²) in [4.78, 5) is 12.1. The minimum Gasteiger partial charge on any atom is -0.326 e. The average Bonchev–Trinajstić information content (AvgIpc) is 3.40. The fraction of sp³-hybridized carbons (Fsp3) is 0.526. The van der Waals surface area contributed by atoms with Gasteiger partial charge in [0.1, 0.15) is 0 Å². The highest BCUT2D eigenvalue weighted by molar-refractivity contribution is 5.90. The summed E-state index contributed by atoms with van der Waals surface area (Å²) in [7, 11) is 0. The Morgan fingerprint density at radius 1 is 1.25 bits per heavy atom. The minimum atomic E-state index is -0.386. The molecule has 0 unspecified atom stereocenters. The molecule has 5 heteroatoms. The largest absolute Gasteiger partial charge is 0.326 e. The Kier molecular flexibility index (Phi) is 5.27. The molecule has 1 saturated heterocycles. The Morgan fingerprint density at radius 2 is 1.96 bits per heavy atom. The molecule has 1 fully saturated rings. The topological polar surface area (TPSA) is 65.8 Å². The Labute approximate surface area is 143 Å². The highest BCUT2D eigenvalue weighted by Crippen LogP contribution is 2.37. The normalized spacial score (nSPS) is 18.8. The number of hydrogen-bond acceptors (Lipinski definition) is 4. The SMILES string of the molecule is C#CCCC1(CCC(=O)Nc2ccc(C3CCNCC3)cc2)N=N1. The number of piperidine rings is 1. The number of carbonyl (C=O) groups excluding carboxylic acids is 1. The molecule has 2 N–H and O–H groups in total. The molecule has 0 aromatic heterocycles. The molecule has 24 heavy (non-hydrogen) atoms. The first-order chi connectivity index (χ1) is 11.7. The zero-order chi connectivity index (χ0) is 16.8. The van der Waals surface area contributed by atoms with Gasteiger partial charge in [-0.15, -0.1) is 12.3 Å². The Balaban J connectivity index is 1.45. The summed E-state index contributed by atoms with van der Waals surface area (Å²) in [5.74, 6) is 3.23. The zero-order valence-corrected chi connectivity index (χ0v) is 13.9. The van der Waals surface area contributed by atoms with Crippen LogP contribution in [0.5, 0.6) is 0 Å². The van der Waals surface area contributed by atoms with E-state index in [1.807, 2.05) is 12.1 Å². The molecular formula is C19H24N4O. The molecule has 3 rings (SSSR count). The molecule has 0 atom stereocenters. The molecule has 1 aromatic rings. The summed E-state index contributed by atoms with van der Waals surface area (Å²) in [6.07, 6.45) is 10.1. The lowest BCUT2D eigenvalue weighted by Gasteiger charge is -2.23. The lowest BCUT2D eigenvalue weighted by atomic mass is 9.90. The number of carbonyl (C=O) groups is 1. The van der Waals surface area contributed by atoms with Gasteiger partial charge in [-0.3, -0.25) is 4.79 Å². The summed E-state index contributed by atoms with van der Waals surface area (Å²) >= 11 is 0. The van der Waals surface area contributed by atoms with Gasteiger partial charge in [-0.05, 0) is 49.5 Å². The molecular weight excluding hydrogens is 300 g/mol. The van der Waals surface area contributed by atoms with Gasteiger partial charge in [0.15, 0.2) is 5.66 Å². The highest BCUT2D eigenvalue weighted by atomic mass is 16.1. The first-order valence-electron chi connectivity index (χ1n) is 8.69. The summed E-state index contributed by atoms with van der Waals surface area (Å²) in [6, 6.07) is 8.25. The van der Waals surface area contributed by atoms with Gasteiger partial charge >= 0.3 is 0 Å². The number of nitrogens with zero attached hydrogens (tertiary/aromatic N) is 2. The molecule has 1 amide bonds. The van der Waals surface area contributed by atoms with Crippen molar-refractivity contribution >= 4 is 11.6 Å². The van der Waals surface area contributed by atoms with Crippen LogP contribution in [0.4, 0.5) is 5.69 Å². The number of nitrogens with one attached hydrogen (secondary N) is 2. The van der Waals surface area contributed by atoms with Gasteiger partial charge in [0.2, 0.25) is 5.91 Å². The van der Waals surface area contributed by atoms with Gasteiger partial charge in [0, 0.05) is 31.4 Å². The maximum absolute atomic E-state index is 12.1. The molecule has 0 bridgehead atoms. The first kappa shape index (κ1) is 16.7. The third kappa shape index (κ3) is 4.42. The van der Waals surface area contributed by atoms with Crippen molar-refractivity contribution in [2.75, 3.05) is 18.4 Å². The molecule has 0 spiro atoms. The van der Waals surface area contributed by atoms with E-state index in [9.17, 15) is 4.79 Å². The molecule has 2 aliphatic heterocycles. The van der Waals surface area contributed by atoms with Crippen LogP contribution < -0.4 is 10.6 Å². The van der Waals surface area contributed by atoms with E-state index in [0.717, 1.165) is 25.2 Å². The molecule has 2 aliphatic rings. The van der Waals surface area contributed by atoms with Crippen LogP contribution in [0, 0.1) is 12.3 Å². The number of benzene rings is 1. The Morgan fingerprint density at radius 3 is 2.58 bits per heavy atom. The molecule has 126 valence electrons. The predicted molar refractivity (Wildman–Crippen MR) is 94.8 cm³/mol. The van der Waals surface area contributed by atoms with E-state index in [2.05, 4.69) is 38.9 Å². The molecule has 1 aromatic carbocycles. The van der Waals surface area contributed by atoms with Crippen LogP contribution in [0.3, 0.4) is 0 Å². The van der Waals surface area contributed by atoms with Gasteiger partial charge in [-0.1, -0.05) is 12.1 Å². The van der Waals surface area contributed by atoms with E-state index >= 15 is 0 Å². The quantitative estimate of drug-likeness (QED) is 0.755. The molecule has 0 aliphatic carbocycles. The first-order valence-corrected chi connectivity index (χ1v) is 8.69. The van der Waals surface area contributed by atoms with Crippen molar-refractivity contribution in [1.29, 1.82) is 0 Å². The average molecular weight is 324 g/mol. The molecule has 2 heterocycles. The van der Waals surface area contributed by atoms with Crippen LogP contribution in [0.25, 0.3) is 0 Å². The fourth-order valence-electron chi connectivity index (χ4n) is 3.20. The number of hydrogen-bond donors (Lipinski definition) is 2. The van der Waals surface area contributed by atoms with Gasteiger partial charge in [0.25, 0.3) is 0 Å². The van der Waals surface area contributed by atoms with Crippen molar-refractivity contribution in [1.82, 2.24) is 5.32 Å². The summed E-state index contributed by atoms with van der Waals surface area (Å²) in [5, 5.41) is 14.5. The summed E-state index contributed by atoms with van der Waals surface area (Å²) < 4.78 is 0. The van der Waals surface area contributed by atoms with Crippen LogP contribution in [-0.4, -0.2) is 24.7 Å². The van der Waals surface area contributed by atoms with E-state index in [4.69, 9.17) is 6.42 Å². The van der Waals surface area contributed by atoms with Crippen molar-refractivity contribution in [3.05, 3.63) is 29.8 Å². The lowest BCUT2D eigenvalue weighted by Crippen LogP contribution is -2.26. The molecule has 0 saturated carbocycles. The summed E-state index contributed by atoms with van der Waals surface area (Å²) in [6.45, 7) is 2.17. The van der Waals surface area contributed by atoms with E-state index in [0.29, 0.717) is 25.2 Å². The van der Waals surface area contributed by atoms with Crippen LogP contribution in [0.2, 0.25) is 0 Å². The van der Waals surface area contributed by atoms with Crippen molar-refractivity contribution in [3.63, 3.8) is 0 Å². The zero-order valence-electron chi connectivity index (χ0n) is 13.9. The van der Waals surface area contributed by atoms with Crippen LogP contribution in [-0.2, 0) is 4.79 Å². The maximum atomic E-state index is 12.1. The second-order valence-electron chi connectivity index (χ2n) is 6.58. The third-order valence-electron chi connectivity index (χ3n) is 4.81. The smallest absolute Gasteiger partial charge is 0.224 e. The minimum absolute atomic E-state index is 0.00185. The van der Waals surface area contributed by atoms with Crippen molar-refractivity contribution in [3.8, 4) is 12.3 Å².